The Morgan fingerprint density at radius 2 is 1.80 bits per heavy atom. The van der Waals surface area contributed by atoms with Crippen LogP contribution >= 0.6 is 0 Å². The number of rotatable bonds is 3. The lowest BCUT2D eigenvalue weighted by atomic mass is 10.0. The van der Waals surface area contributed by atoms with E-state index in [1.54, 1.807) is 0 Å². The van der Waals surface area contributed by atoms with Crippen molar-refractivity contribution in [3.05, 3.63) is 58.1 Å². The lowest BCUT2D eigenvalue weighted by Crippen LogP contribution is -2.23. The molecule has 0 amide bonds. The molecule has 7 heteroatoms. The molecular formula is C13H16N4O3. The highest BCUT2D eigenvalue weighted by Crippen LogP contribution is 2.18. The first-order valence-electron chi connectivity index (χ1n) is 5.86. The van der Waals surface area contributed by atoms with Gasteiger partial charge in [-0.1, -0.05) is 42.5 Å². The van der Waals surface area contributed by atoms with Crippen molar-refractivity contribution in [1.29, 1.82) is 0 Å². The number of guanidine groups is 1. The normalized spacial score (nSPS) is 9.40. The van der Waals surface area contributed by atoms with E-state index in [4.69, 9.17) is 26.8 Å². The Morgan fingerprint density at radius 3 is 2.45 bits per heavy atom. The third-order valence-corrected chi connectivity index (χ3v) is 2.56. The molecule has 0 atom stereocenters. The van der Waals surface area contributed by atoms with Crippen molar-refractivity contribution in [3.63, 3.8) is 0 Å². The monoisotopic (exact) mass is 276 g/mol. The summed E-state index contributed by atoms with van der Waals surface area (Å²) in [6.45, 7) is 0.635. The first kappa shape index (κ1) is 15.2. The van der Waals surface area contributed by atoms with Crippen LogP contribution in [0.3, 0.4) is 0 Å². The lowest BCUT2D eigenvalue weighted by molar-refractivity contribution is -0.742. The van der Waals surface area contributed by atoms with Gasteiger partial charge >= 0.3 is 0 Å². The Bertz CT molecular complexity index is 600. The van der Waals surface area contributed by atoms with Crippen molar-refractivity contribution in [2.24, 2.45) is 16.5 Å². The summed E-state index contributed by atoms with van der Waals surface area (Å²) in [5, 5.41) is 16.2. The van der Waals surface area contributed by atoms with E-state index in [0.29, 0.717) is 6.54 Å². The van der Waals surface area contributed by atoms with Crippen LogP contribution in [0.25, 0.3) is 10.8 Å². The summed E-state index contributed by atoms with van der Waals surface area (Å²) in [6.07, 6.45) is 0.860. The summed E-state index contributed by atoms with van der Waals surface area (Å²) in [4.78, 5) is 12.4. The van der Waals surface area contributed by atoms with E-state index in [9.17, 15) is 0 Å². The molecule has 0 aliphatic carbocycles. The quantitative estimate of drug-likeness (QED) is 0.337. The molecular weight excluding hydrogens is 260 g/mol. The summed E-state index contributed by atoms with van der Waals surface area (Å²) in [5.74, 6) is 0.153. The average Bonchev–Trinajstić information content (AvgIpc) is 2.38. The molecule has 0 heterocycles. The molecule has 106 valence electrons. The van der Waals surface area contributed by atoms with Crippen LogP contribution in [0.2, 0.25) is 0 Å². The summed E-state index contributed by atoms with van der Waals surface area (Å²) < 4.78 is 0. The predicted octanol–water partition coefficient (Wildman–Crippen LogP) is 1.31. The molecule has 0 radical (unpaired) electrons. The summed E-state index contributed by atoms with van der Waals surface area (Å²) in [5.41, 5.74) is 11.9. The zero-order chi connectivity index (χ0) is 15.0. The fraction of sp³-hybridized carbons (Fsp3) is 0.154. The van der Waals surface area contributed by atoms with Crippen molar-refractivity contribution < 1.29 is 10.3 Å². The van der Waals surface area contributed by atoms with Crippen molar-refractivity contribution in [2.45, 2.75) is 6.42 Å². The van der Waals surface area contributed by atoms with Gasteiger partial charge in [0, 0.05) is 6.54 Å². The van der Waals surface area contributed by atoms with Crippen LogP contribution in [0.5, 0.6) is 0 Å². The summed E-state index contributed by atoms with van der Waals surface area (Å²) in [6, 6.07) is 14.6. The topological polar surface area (TPSA) is 128 Å². The Morgan fingerprint density at radius 1 is 1.20 bits per heavy atom. The number of fused-ring (bicyclic) bond motifs is 1. The van der Waals surface area contributed by atoms with Gasteiger partial charge in [-0.25, -0.2) is 0 Å². The second-order valence-corrected chi connectivity index (χ2v) is 3.93. The molecule has 0 unspecified atom stereocenters. The lowest BCUT2D eigenvalue weighted by Gasteiger charge is -2.04. The fourth-order valence-electron chi connectivity index (χ4n) is 1.82. The zero-order valence-corrected chi connectivity index (χ0v) is 10.8. The first-order chi connectivity index (χ1) is 9.50. The van der Waals surface area contributed by atoms with Crippen LogP contribution in [-0.4, -0.2) is 22.8 Å². The van der Waals surface area contributed by atoms with Gasteiger partial charge in [-0.05, 0) is 22.8 Å². The summed E-state index contributed by atoms with van der Waals surface area (Å²) in [7, 11) is 0. The number of benzene rings is 2. The number of nitrogens with zero attached hydrogens (tertiary/aromatic N) is 2. The molecule has 0 aliphatic heterocycles. The standard InChI is InChI=1S/C13H15N3.HNO3/c14-13(15)16-9-8-11-6-3-5-10-4-1-2-7-12(10)11;2-1(3)4/h1-7H,8-9H2,(H4,14,15,16);(H,2,3,4). The minimum absolute atomic E-state index is 0.153. The Hall–Kier alpha value is -2.83. The predicted molar refractivity (Wildman–Crippen MR) is 77.1 cm³/mol. The third-order valence-electron chi connectivity index (χ3n) is 2.56. The molecule has 0 fully saturated rings. The molecule has 0 aliphatic rings. The molecule has 0 aromatic heterocycles. The van der Waals surface area contributed by atoms with E-state index in [2.05, 4.69) is 35.3 Å². The van der Waals surface area contributed by atoms with Crippen LogP contribution in [0.1, 0.15) is 5.56 Å². The van der Waals surface area contributed by atoms with Gasteiger partial charge in [-0.2, -0.15) is 0 Å². The van der Waals surface area contributed by atoms with E-state index in [0.717, 1.165) is 6.42 Å². The molecule has 2 aromatic rings. The highest BCUT2D eigenvalue weighted by molar-refractivity contribution is 5.85. The van der Waals surface area contributed by atoms with Crippen molar-refractivity contribution in [1.82, 2.24) is 0 Å². The average molecular weight is 276 g/mol. The van der Waals surface area contributed by atoms with Gasteiger partial charge in [0.15, 0.2) is 5.96 Å². The molecule has 0 saturated heterocycles. The van der Waals surface area contributed by atoms with Gasteiger partial charge in [0.1, 0.15) is 0 Å². The number of nitrogens with two attached hydrogens (primary N) is 2. The van der Waals surface area contributed by atoms with Crippen LogP contribution in [-0.2, 0) is 6.42 Å². The van der Waals surface area contributed by atoms with Crippen LogP contribution in [0.15, 0.2) is 47.5 Å². The van der Waals surface area contributed by atoms with Gasteiger partial charge in [-0.3, -0.25) is 4.99 Å². The molecule has 0 saturated carbocycles. The minimum atomic E-state index is -1.50. The van der Waals surface area contributed by atoms with Crippen LogP contribution < -0.4 is 11.5 Å². The van der Waals surface area contributed by atoms with E-state index in [-0.39, 0.29) is 5.96 Å². The van der Waals surface area contributed by atoms with Gasteiger partial charge in [0.25, 0.3) is 5.09 Å². The van der Waals surface area contributed by atoms with Gasteiger partial charge in [0.05, 0.1) is 0 Å². The molecule has 0 bridgehead atoms. The van der Waals surface area contributed by atoms with E-state index in [1.807, 2.05) is 12.1 Å². The Balaban J connectivity index is 0.000000444. The highest BCUT2D eigenvalue weighted by atomic mass is 16.9. The maximum Gasteiger partial charge on any atom is 0.291 e. The molecule has 0 spiro atoms. The smallest absolute Gasteiger partial charge is 0.291 e. The maximum absolute atomic E-state index is 8.36. The minimum Gasteiger partial charge on any atom is -0.370 e. The Labute approximate surface area is 115 Å². The van der Waals surface area contributed by atoms with Crippen molar-refractivity contribution in [2.75, 3.05) is 6.54 Å². The van der Waals surface area contributed by atoms with E-state index < -0.39 is 5.09 Å². The Kier molecular flexibility index (Phi) is 5.76. The second-order valence-electron chi connectivity index (χ2n) is 3.93. The molecule has 2 rings (SSSR count). The van der Waals surface area contributed by atoms with Crippen LogP contribution in [0, 0.1) is 10.1 Å². The summed E-state index contributed by atoms with van der Waals surface area (Å²) >= 11 is 0. The SMILES string of the molecule is NC(N)=NCCc1cccc2ccccc12.O=[N+]([O-])O. The van der Waals surface area contributed by atoms with Gasteiger partial charge < -0.3 is 16.7 Å². The number of hydrogen-bond acceptors (Lipinski definition) is 3. The van der Waals surface area contributed by atoms with E-state index in [1.165, 1.54) is 16.3 Å². The molecule has 2 aromatic carbocycles. The maximum atomic E-state index is 8.36. The first-order valence-corrected chi connectivity index (χ1v) is 5.86. The van der Waals surface area contributed by atoms with Gasteiger partial charge in [-0.15, -0.1) is 10.1 Å². The van der Waals surface area contributed by atoms with Crippen molar-refractivity contribution >= 4 is 16.7 Å². The van der Waals surface area contributed by atoms with Crippen molar-refractivity contribution in [3.8, 4) is 0 Å². The zero-order valence-electron chi connectivity index (χ0n) is 10.8. The second kappa shape index (κ2) is 7.57. The molecule has 5 N–H and O–H groups in total. The fourth-order valence-corrected chi connectivity index (χ4v) is 1.82. The highest BCUT2D eigenvalue weighted by Gasteiger charge is 1.99. The molecule has 20 heavy (non-hydrogen) atoms. The number of hydrogen-bond donors (Lipinski definition) is 3. The number of aliphatic imine (C=N–C) groups is 1. The molecule has 7 nitrogen and oxygen atoms in total. The largest absolute Gasteiger partial charge is 0.370 e. The van der Waals surface area contributed by atoms with E-state index >= 15 is 0 Å². The third kappa shape index (κ3) is 5.21. The van der Waals surface area contributed by atoms with Crippen LogP contribution in [0.4, 0.5) is 0 Å². The van der Waals surface area contributed by atoms with Gasteiger partial charge in [0.2, 0.25) is 0 Å².